The molecule has 30 heavy (non-hydrogen) atoms. The van der Waals surface area contributed by atoms with E-state index in [9.17, 15) is 4.79 Å². The SMILES string of the molecule is O=C(O)Nc1ccc(Nc2ccc3cncc(-c4cc5ccccc5o4)c3c2)cc1. The van der Waals surface area contributed by atoms with E-state index in [1.54, 1.807) is 12.1 Å². The Bertz CT molecular complexity index is 1340. The van der Waals surface area contributed by atoms with Gasteiger partial charge in [0.2, 0.25) is 0 Å². The fourth-order valence-electron chi connectivity index (χ4n) is 3.48. The minimum Gasteiger partial charge on any atom is -0.465 e. The molecule has 0 unspecified atom stereocenters. The van der Waals surface area contributed by atoms with Gasteiger partial charge in [-0.2, -0.15) is 0 Å². The lowest BCUT2D eigenvalue weighted by Gasteiger charge is -2.10. The van der Waals surface area contributed by atoms with Crippen molar-refractivity contribution in [1.82, 2.24) is 4.98 Å². The molecule has 0 saturated heterocycles. The molecule has 0 aliphatic heterocycles. The Morgan fingerprint density at radius 2 is 1.60 bits per heavy atom. The molecule has 0 fully saturated rings. The van der Waals surface area contributed by atoms with Crippen molar-refractivity contribution in [2.24, 2.45) is 0 Å². The van der Waals surface area contributed by atoms with Crippen LogP contribution in [-0.2, 0) is 0 Å². The van der Waals surface area contributed by atoms with E-state index in [4.69, 9.17) is 9.52 Å². The number of hydrogen-bond acceptors (Lipinski definition) is 4. The van der Waals surface area contributed by atoms with Crippen LogP contribution in [0, 0.1) is 0 Å². The van der Waals surface area contributed by atoms with Gasteiger partial charge in [0.15, 0.2) is 0 Å². The summed E-state index contributed by atoms with van der Waals surface area (Å²) >= 11 is 0. The lowest BCUT2D eigenvalue weighted by molar-refractivity contribution is 0.210. The van der Waals surface area contributed by atoms with Crippen molar-refractivity contribution in [3.63, 3.8) is 0 Å². The van der Waals surface area contributed by atoms with Gasteiger partial charge in [-0.1, -0.05) is 24.3 Å². The number of amides is 1. The Labute approximate surface area is 171 Å². The van der Waals surface area contributed by atoms with E-state index in [-0.39, 0.29) is 0 Å². The van der Waals surface area contributed by atoms with Crippen molar-refractivity contribution < 1.29 is 14.3 Å². The lowest BCUT2D eigenvalue weighted by Crippen LogP contribution is -2.06. The molecule has 0 spiro atoms. The van der Waals surface area contributed by atoms with Crippen molar-refractivity contribution in [3.8, 4) is 11.3 Å². The molecule has 5 aromatic rings. The molecule has 146 valence electrons. The van der Waals surface area contributed by atoms with Crippen LogP contribution < -0.4 is 10.6 Å². The normalized spacial score (nSPS) is 10.9. The summed E-state index contributed by atoms with van der Waals surface area (Å²) in [5, 5.41) is 17.6. The highest BCUT2D eigenvalue weighted by molar-refractivity contribution is 5.98. The number of benzene rings is 3. The lowest BCUT2D eigenvalue weighted by atomic mass is 10.0. The second-order valence-corrected chi connectivity index (χ2v) is 6.90. The van der Waals surface area contributed by atoms with E-state index in [1.165, 1.54) is 0 Å². The quantitative estimate of drug-likeness (QED) is 0.324. The molecule has 0 radical (unpaired) electrons. The first-order valence-electron chi connectivity index (χ1n) is 9.39. The number of furan rings is 1. The number of aromatic nitrogens is 1. The molecule has 6 heteroatoms. The molecule has 1 amide bonds. The van der Waals surface area contributed by atoms with Gasteiger partial charge in [0.25, 0.3) is 0 Å². The molecule has 5 rings (SSSR count). The van der Waals surface area contributed by atoms with E-state index in [1.807, 2.05) is 67.0 Å². The summed E-state index contributed by atoms with van der Waals surface area (Å²) in [6.07, 6.45) is 2.56. The average Bonchev–Trinajstić information content (AvgIpc) is 3.18. The Morgan fingerprint density at radius 3 is 2.40 bits per heavy atom. The van der Waals surface area contributed by atoms with Crippen molar-refractivity contribution in [2.45, 2.75) is 0 Å². The van der Waals surface area contributed by atoms with Crippen molar-refractivity contribution in [2.75, 3.05) is 10.6 Å². The fourth-order valence-corrected chi connectivity index (χ4v) is 3.48. The highest BCUT2D eigenvalue weighted by Gasteiger charge is 2.11. The summed E-state index contributed by atoms with van der Waals surface area (Å²) in [5.74, 6) is 0.774. The molecule has 2 aromatic heterocycles. The zero-order valence-corrected chi connectivity index (χ0v) is 15.8. The number of carboxylic acid groups (broad SMARTS) is 1. The van der Waals surface area contributed by atoms with Gasteiger partial charge in [-0.25, -0.2) is 4.79 Å². The Kier molecular flexibility index (Phi) is 4.29. The summed E-state index contributed by atoms with van der Waals surface area (Å²) in [6, 6.07) is 23.1. The third-order valence-electron chi connectivity index (χ3n) is 4.88. The standard InChI is InChI=1S/C24H17N3O3/c28-24(29)27-18-9-7-17(8-10-18)26-19-6-5-16-13-25-14-21(20(16)12-19)23-11-15-3-1-2-4-22(15)30-23/h1-14,26-27H,(H,28,29). The Balaban J connectivity index is 1.50. The first-order valence-corrected chi connectivity index (χ1v) is 9.39. The maximum Gasteiger partial charge on any atom is 0.409 e. The number of rotatable bonds is 4. The minimum absolute atomic E-state index is 0.518. The van der Waals surface area contributed by atoms with Gasteiger partial charge < -0.3 is 14.8 Å². The van der Waals surface area contributed by atoms with E-state index in [0.717, 1.165) is 44.4 Å². The molecule has 3 N–H and O–H groups in total. The van der Waals surface area contributed by atoms with Crippen LogP contribution in [0.4, 0.5) is 21.9 Å². The van der Waals surface area contributed by atoms with Crippen LogP contribution in [-0.4, -0.2) is 16.2 Å². The number of anilines is 3. The van der Waals surface area contributed by atoms with Gasteiger partial charge in [0.1, 0.15) is 11.3 Å². The van der Waals surface area contributed by atoms with Gasteiger partial charge in [-0.05, 0) is 53.9 Å². The van der Waals surface area contributed by atoms with Gasteiger partial charge in [0.05, 0.1) is 0 Å². The largest absolute Gasteiger partial charge is 0.465 e. The highest BCUT2D eigenvalue weighted by atomic mass is 16.4. The maximum absolute atomic E-state index is 10.7. The molecule has 0 aliphatic rings. The predicted molar refractivity (Wildman–Crippen MR) is 118 cm³/mol. The molecule has 0 bridgehead atoms. The number of nitrogens with zero attached hydrogens (tertiary/aromatic N) is 1. The van der Waals surface area contributed by atoms with Crippen LogP contribution in [0.2, 0.25) is 0 Å². The van der Waals surface area contributed by atoms with Gasteiger partial charge in [0, 0.05) is 45.8 Å². The fraction of sp³-hybridized carbons (Fsp3) is 0. The van der Waals surface area contributed by atoms with E-state index < -0.39 is 6.09 Å². The topological polar surface area (TPSA) is 87.4 Å². The van der Waals surface area contributed by atoms with Crippen LogP contribution in [0.5, 0.6) is 0 Å². The molecule has 0 saturated carbocycles. The van der Waals surface area contributed by atoms with Crippen molar-refractivity contribution >= 4 is 44.9 Å². The molecular weight excluding hydrogens is 378 g/mol. The average molecular weight is 395 g/mol. The van der Waals surface area contributed by atoms with Gasteiger partial charge >= 0.3 is 6.09 Å². The van der Waals surface area contributed by atoms with Crippen LogP contribution >= 0.6 is 0 Å². The van der Waals surface area contributed by atoms with Crippen molar-refractivity contribution in [3.05, 3.63) is 85.2 Å². The van der Waals surface area contributed by atoms with Gasteiger partial charge in [-0.3, -0.25) is 10.3 Å². The summed E-state index contributed by atoms with van der Waals surface area (Å²) in [5.41, 5.74) is 4.04. The van der Waals surface area contributed by atoms with Crippen LogP contribution in [0.1, 0.15) is 0 Å². The molecule has 6 nitrogen and oxygen atoms in total. The second-order valence-electron chi connectivity index (χ2n) is 6.90. The zero-order valence-electron chi connectivity index (χ0n) is 15.8. The smallest absolute Gasteiger partial charge is 0.409 e. The highest BCUT2D eigenvalue weighted by Crippen LogP contribution is 2.34. The van der Waals surface area contributed by atoms with Gasteiger partial charge in [-0.15, -0.1) is 0 Å². The number of pyridine rings is 1. The maximum atomic E-state index is 10.7. The third-order valence-corrected chi connectivity index (χ3v) is 4.88. The molecular formula is C24H17N3O3. The predicted octanol–water partition coefficient (Wildman–Crippen LogP) is 6.48. The summed E-state index contributed by atoms with van der Waals surface area (Å²) in [4.78, 5) is 15.1. The Morgan fingerprint density at radius 1 is 0.833 bits per heavy atom. The molecule has 3 aromatic carbocycles. The van der Waals surface area contributed by atoms with E-state index >= 15 is 0 Å². The second kappa shape index (κ2) is 7.25. The van der Waals surface area contributed by atoms with Crippen LogP contribution in [0.25, 0.3) is 33.1 Å². The monoisotopic (exact) mass is 395 g/mol. The van der Waals surface area contributed by atoms with E-state index in [0.29, 0.717) is 5.69 Å². The zero-order chi connectivity index (χ0) is 20.5. The number of para-hydroxylation sites is 1. The number of nitrogens with one attached hydrogen (secondary N) is 2. The van der Waals surface area contributed by atoms with Crippen LogP contribution in [0.3, 0.4) is 0 Å². The van der Waals surface area contributed by atoms with Crippen molar-refractivity contribution in [1.29, 1.82) is 0 Å². The number of hydrogen-bond donors (Lipinski definition) is 3. The summed E-state index contributed by atoms with van der Waals surface area (Å²) in [7, 11) is 0. The van der Waals surface area contributed by atoms with E-state index in [2.05, 4.69) is 21.7 Å². The Hall–Kier alpha value is -4.32. The first-order chi connectivity index (χ1) is 14.7. The summed E-state index contributed by atoms with van der Waals surface area (Å²) < 4.78 is 6.05. The van der Waals surface area contributed by atoms with Crippen LogP contribution in [0.15, 0.2) is 89.6 Å². The molecule has 0 aliphatic carbocycles. The summed E-state index contributed by atoms with van der Waals surface area (Å²) in [6.45, 7) is 0. The third kappa shape index (κ3) is 3.42. The molecule has 2 heterocycles. The first kappa shape index (κ1) is 17.8. The number of fused-ring (bicyclic) bond motifs is 2. The number of carbonyl (C=O) groups is 1. The minimum atomic E-state index is -1.09. The molecule has 0 atom stereocenters.